The first kappa shape index (κ1) is 13.5. The number of fused-ring (bicyclic) bond motifs is 1. The molecule has 2 aromatic heterocycles. The molecule has 0 radical (unpaired) electrons. The molecule has 6 nitrogen and oxygen atoms in total. The molecule has 1 saturated heterocycles. The average Bonchev–Trinajstić information content (AvgIpc) is 3.04. The van der Waals surface area contributed by atoms with Crippen molar-refractivity contribution in [2.75, 3.05) is 13.7 Å². The van der Waals surface area contributed by atoms with Crippen molar-refractivity contribution in [2.45, 2.75) is 32.4 Å². The van der Waals surface area contributed by atoms with E-state index in [4.69, 9.17) is 21.7 Å². The molecule has 1 N–H and O–H groups in total. The first-order valence-electron chi connectivity index (χ1n) is 6.83. The Labute approximate surface area is 122 Å². The number of imidazole rings is 1. The van der Waals surface area contributed by atoms with Crippen LogP contribution < -0.4 is 4.74 Å². The van der Waals surface area contributed by atoms with Gasteiger partial charge in [0.1, 0.15) is 11.8 Å². The standard InChI is InChI=1S/C13H18N4O2S/c1-3-9-8(4-5-19-9)6-17-11-10(16-13(17)20)12(18-2)15-7-14-11/h7-9H,3-6H2,1-2H3,(H,16,20). The van der Waals surface area contributed by atoms with Crippen LogP contribution in [-0.2, 0) is 11.3 Å². The summed E-state index contributed by atoms with van der Waals surface area (Å²) in [6, 6.07) is 0. The SMILES string of the molecule is CCC1OCCC1Cn1c(=S)[nH]c2c(OC)ncnc21. The van der Waals surface area contributed by atoms with Crippen LogP contribution in [0.15, 0.2) is 6.33 Å². The summed E-state index contributed by atoms with van der Waals surface area (Å²) in [6.45, 7) is 3.80. The van der Waals surface area contributed by atoms with Crippen LogP contribution in [0.1, 0.15) is 19.8 Å². The van der Waals surface area contributed by atoms with Gasteiger partial charge < -0.3 is 19.0 Å². The second kappa shape index (κ2) is 5.49. The largest absolute Gasteiger partial charge is 0.479 e. The number of hydrogen-bond acceptors (Lipinski definition) is 5. The molecule has 1 aliphatic rings. The fourth-order valence-electron chi connectivity index (χ4n) is 2.86. The van der Waals surface area contributed by atoms with Crippen molar-refractivity contribution >= 4 is 23.4 Å². The molecule has 7 heteroatoms. The Morgan fingerprint density at radius 2 is 2.40 bits per heavy atom. The predicted molar refractivity (Wildman–Crippen MR) is 77.4 cm³/mol. The number of hydrogen-bond donors (Lipinski definition) is 1. The lowest BCUT2D eigenvalue weighted by Gasteiger charge is -2.17. The van der Waals surface area contributed by atoms with Crippen LogP contribution >= 0.6 is 12.2 Å². The molecule has 108 valence electrons. The molecule has 2 atom stereocenters. The molecular weight excluding hydrogens is 276 g/mol. The summed E-state index contributed by atoms with van der Waals surface area (Å²) in [5.74, 6) is 1.00. The van der Waals surface area contributed by atoms with Gasteiger partial charge >= 0.3 is 0 Å². The van der Waals surface area contributed by atoms with Gasteiger partial charge in [-0.25, -0.2) is 4.98 Å². The molecule has 0 spiro atoms. The Bertz CT molecular complexity index is 666. The highest BCUT2D eigenvalue weighted by molar-refractivity contribution is 7.71. The zero-order chi connectivity index (χ0) is 14.1. The van der Waals surface area contributed by atoms with Crippen molar-refractivity contribution in [3.8, 4) is 5.88 Å². The van der Waals surface area contributed by atoms with E-state index in [1.807, 2.05) is 4.57 Å². The van der Waals surface area contributed by atoms with Crippen molar-refractivity contribution in [3.05, 3.63) is 11.1 Å². The van der Waals surface area contributed by atoms with Gasteiger partial charge in [0.25, 0.3) is 0 Å². The maximum absolute atomic E-state index is 5.75. The number of H-pyrrole nitrogens is 1. The predicted octanol–water partition coefficient (Wildman–Crippen LogP) is 2.31. The van der Waals surface area contributed by atoms with Gasteiger partial charge in [0.15, 0.2) is 10.4 Å². The smallest absolute Gasteiger partial charge is 0.242 e. The van der Waals surface area contributed by atoms with Crippen LogP contribution in [0.4, 0.5) is 0 Å². The number of nitrogens with one attached hydrogen (secondary N) is 1. The molecule has 0 bridgehead atoms. The molecule has 0 aromatic carbocycles. The highest BCUT2D eigenvalue weighted by atomic mass is 32.1. The molecule has 0 aliphatic carbocycles. The van der Waals surface area contributed by atoms with Crippen LogP contribution in [0.3, 0.4) is 0 Å². The van der Waals surface area contributed by atoms with E-state index < -0.39 is 0 Å². The van der Waals surface area contributed by atoms with Crippen molar-refractivity contribution in [1.29, 1.82) is 0 Å². The van der Waals surface area contributed by atoms with Gasteiger partial charge in [0.2, 0.25) is 5.88 Å². The summed E-state index contributed by atoms with van der Waals surface area (Å²) in [5.41, 5.74) is 1.55. The van der Waals surface area contributed by atoms with E-state index in [9.17, 15) is 0 Å². The summed E-state index contributed by atoms with van der Waals surface area (Å²) in [7, 11) is 1.59. The topological polar surface area (TPSA) is 65.0 Å². The van der Waals surface area contributed by atoms with Crippen LogP contribution in [0, 0.1) is 10.7 Å². The number of ether oxygens (including phenoxy) is 2. The van der Waals surface area contributed by atoms with Gasteiger partial charge in [0.05, 0.1) is 13.2 Å². The first-order valence-corrected chi connectivity index (χ1v) is 7.24. The van der Waals surface area contributed by atoms with E-state index in [1.165, 1.54) is 6.33 Å². The average molecular weight is 294 g/mol. The number of methoxy groups -OCH3 is 1. The molecule has 1 fully saturated rings. The third-order valence-corrected chi connectivity index (χ3v) is 4.21. The number of rotatable bonds is 4. The lowest BCUT2D eigenvalue weighted by atomic mass is 10.00. The lowest BCUT2D eigenvalue weighted by Crippen LogP contribution is -2.20. The van der Waals surface area contributed by atoms with E-state index >= 15 is 0 Å². The second-order valence-corrected chi connectivity index (χ2v) is 5.38. The molecule has 3 rings (SSSR count). The Morgan fingerprint density at radius 1 is 1.55 bits per heavy atom. The van der Waals surface area contributed by atoms with Crippen LogP contribution in [-0.4, -0.2) is 39.3 Å². The fraction of sp³-hybridized carbons (Fsp3) is 0.615. The highest BCUT2D eigenvalue weighted by Crippen LogP contribution is 2.27. The quantitative estimate of drug-likeness (QED) is 0.877. The third kappa shape index (κ3) is 2.20. The third-order valence-electron chi connectivity index (χ3n) is 3.88. The highest BCUT2D eigenvalue weighted by Gasteiger charge is 2.28. The Hall–Kier alpha value is -1.47. The lowest BCUT2D eigenvalue weighted by molar-refractivity contribution is 0.0836. The van der Waals surface area contributed by atoms with Gasteiger partial charge in [-0.15, -0.1) is 0 Å². The van der Waals surface area contributed by atoms with E-state index in [-0.39, 0.29) is 0 Å². The summed E-state index contributed by atoms with van der Waals surface area (Å²) in [5, 5.41) is 0. The Kier molecular flexibility index (Phi) is 3.71. The minimum Gasteiger partial charge on any atom is -0.479 e. The second-order valence-electron chi connectivity index (χ2n) is 4.99. The van der Waals surface area contributed by atoms with E-state index in [0.29, 0.717) is 22.7 Å². The van der Waals surface area contributed by atoms with Gasteiger partial charge in [-0.3, -0.25) is 0 Å². The van der Waals surface area contributed by atoms with E-state index in [1.54, 1.807) is 7.11 Å². The minimum absolute atomic E-state index is 0.311. The van der Waals surface area contributed by atoms with Gasteiger partial charge in [0, 0.05) is 19.1 Å². The normalized spacial score (nSPS) is 22.5. The Morgan fingerprint density at radius 3 is 3.15 bits per heavy atom. The van der Waals surface area contributed by atoms with Gasteiger partial charge in [-0.05, 0) is 25.1 Å². The summed E-state index contributed by atoms with van der Waals surface area (Å²) in [6.07, 6.45) is 3.90. The number of nitrogens with zero attached hydrogens (tertiary/aromatic N) is 3. The van der Waals surface area contributed by atoms with Crippen molar-refractivity contribution < 1.29 is 9.47 Å². The molecule has 0 saturated carbocycles. The molecular formula is C13H18N4O2S. The molecule has 2 aromatic rings. The van der Waals surface area contributed by atoms with Crippen molar-refractivity contribution in [2.24, 2.45) is 5.92 Å². The zero-order valence-electron chi connectivity index (χ0n) is 11.6. The molecule has 1 aliphatic heterocycles. The summed E-state index contributed by atoms with van der Waals surface area (Å²) >= 11 is 5.41. The van der Waals surface area contributed by atoms with Crippen molar-refractivity contribution in [1.82, 2.24) is 19.5 Å². The number of aromatic nitrogens is 4. The summed E-state index contributed by atoms with van der Waals surface area (Å²) in [4.78, 5) is 11.6. The minimum atomic E-state index is 0.311. The van der Waals surface area contributed by atoms with E-state index in [2.05, 4.69) is 21.9 Å². The fourth-order valence-corrected chi connectivity index (χ4v) is 3.12. The van der Waals surface area contributed by atoms with E-state index in [0.717, 1.165) is 37.2 Å². The molecule has 2 unspecified atom stereocenters. The maximum atomic E-state index is 5.75. The molecule has 3 heterocycles. The Balaban J connectivity index is 1.99. The van der Waals surface area contributed by atoms with Gasteiger partial charge in [-0.1, -0.05) is 6.92 Å². The monoisotopic (exact) mass is 294 g/mol. The van der Waals surface area contributed by atoms with Crippen molar-refractivity contribution in [3.63, 3.8) is 0 Å². The molecule has 0 amide bonds. The first-order chi connectivity index (χ1) is 9.74. The van der Waals surface area contributed by atoms with Crippen LogP contribution in [0.5, 0.6) is 5.88 Å². The molecule has 20 heavy (non-hydrogen) atoms. The zero-order valence-corrected chi connectivity index (χ0v) is 12.4. The van der Waals surface area contributed by atoms with Gasteiger partial charge in [-0.2, -0.15) is 4.98 Å². The number of aromatic amines is 1. The summed E-state index contributed by atoms with van der Waals surface area (Å²) < 4.78 is 13.7. The maximum Gasteiger partial charge on any atom is 0.242 e. The van der Waals surface area contributed by atoms with Crippen LogP contribution in [0.2, 0.25) is 0 Å². The van der Waals surface area contributed by atoms with Crippen LogP contribution in [0.25, 0.3) is 11.2 Å².